The Bertz CT molecular complexity index is 1230. The van der Waals surface area contributed by atoms with E-state index < -0.39 is 12.1 Å². The summed E-state index contributed by atoms with van der Waals surface area (Å²) in [5, 5.41) is 4.67. The molecular weight excluding hydrogens is 548 g/mol. The molecule has 2 amide bonds. The Morgan fingerprint density at radius 2 is 1.78 bits per heavy atom. The first kappa shape index (κ1) is 25.7. The van der Waals surface area contributed by atoms with Crippen LogP contribution in [0, 0.1) is 0 Å². The highest BCUT2D eigenvalue weighted by Gasteiger charge is 2.31. The average molecular weight is 571 g/mol. The highest BCUT2D eigenvalue weighted by atomic mass is 79.9. The van der Waals surface area contributed by atoms with E-state index >= 15 is 0 Å². The number of carbonyl (C=O) groups excluding carboxylic acids is 4. The number of rotatable bonds is 9. The second-order valence-electron chi connectivity index (χ2n) is 8.03. The van der Waals surface area contributed by atoms with Gasteiger partial charge in [-0.15, -0.1) is 11.3 Å². The molecule has 36 heavy (non-hydrogen) atoms. The van der Waals surface area contributed by atoms with Crippen molar-refractivity contribution in [1.29, 1.82) is 0 Å². The van der Waals surface area contributed by atoms with Crippen LogP contribution < -0.4 is 5.32 Å². The van der Waals surface area contributed by atoms with Gasteiger partial charge in [0.1, 0.15) is 6.10 Å². The molecule has 4 rings (SSSR count). The first-order valence-corrected chi connectivity index (χ1v) is 12.8. The van der Waals surface area contributed by atoms with Gasteiger partial charge in [0, 0.05) is 27.1 Å². The fourth-order valence-corrected chi connectivity index (χ4v) is 4.57. The number of hydrogen-bond donors (Lipinski definition) is 1. The third-order valence-corrected chi connectivity index (χ3v) is 6.86. The fraction of sp³-hybridized carbons (Fsp3) is 0.231. The summed E-state index contributed by atoms with van der Waals surface area (Å²) in [5.74, 6) is -1.54. The number of carbonyl (C=O) groups is 4. The Morgan fingerprint density at radius 1 is 1.06 bits per heavy atom. The Hall–Kier alpha value is -3.34. The lowest BCUT2D eigenvalue weighted by molar-refractivity contribution is -0.155. The number of benzene rings is 2. The van der Waals surface area contributed by atoms with Crippen LogP contribution in [-0.4, -0.2) is 54.3 Å². The molecule has 1 aliphatic heterocycles. The number of amides is 2. The van der Waals surface area contributed by atoms with Gasteiger partial charge in [-0.3, -0.25) is 14.4 Å². The second kappa shape index (κ2) is 12.1. The number of anilines is 1. The van der Waals surface area contributed by atoms with Crippen LogP contribution >= 0.6 is 27.3 Å². The van der Waals surface area contributed by atoms with Crippen LogP contribution in [-0.2, 0) is 25.6 Å². The average Bonchev–Trinajstić information content (AvgIpc) is 3.39. The third-order valence-electron chi connectivity index (χ3n) is 5.47. The minimum absolute atomic E-state index is 0.109. The van der Waals surface area contributed by atoms with E-state index in [2.05, 4.69) is 21.2 Å². The smallest absolute Gasteiger partial charge is 0.338 e. The molecule has 3 aromatic rings. The number of nitrogens with one attached hydrogen (secondary N) is 1. The number of halogens is 1. The van der Waals surface area contributed by atoms with Gasteiger partial charge >= 0.3 is 5.97 Å². The highest BCUT2D eigenvalue weighted by Crippen LogP contribution is 2.18. The molecule has 1 aliphatic rings. The lowest BCUT2D eigenvalue weighted by atomic mass is 10.1. The largest absolute Gasteiger partial charge is 0.454 e. The van der Waals surface area contributed by atoms with Crippen LogP contribution in [0.5, 0.6) is 0 Å². The number of esters is 1. The van der Waals surface area contributed by atoms with Crippen molar-refractivity contribution in [3.8, 4) is 0 Å². The van der Waals surface area contributed by atoms with Crippen LogP contribution in [0.4, 0.5) is 5.69 Å². The number of hydrogen-bond acceptors (Lipinski definition) is 7. The van der Waals surface area contributed by atoms with E-state index in [1.54, 1.807) is 52.6 Å². The number of nitrogens with zero attached hydrogens (tertiary/aromatic N) is 1. The predicted octanol–water partition coefficient (Wildman–Crippen LogP) is 4.31. The van der Waals surface area contributed by atoms with Gasteiger partial charge in [-0.25, -0.2) is 4.79 Å². The first-order chi connectivity index (χ1) is 17.4. The predicted molar refractivity (Wildman–Crippen MR) is 138 cm³/mol. The molecule has 0 bridgehead atoms. The van der Waals surface area contributed by atoms with Gasteiger partial charge < -0.3 is 19.7 Å². The summed E-state index contributed by atoms with van der Waals surface area (Å²) in [6.07, 6.45) is -0.946. The zero-order valence-corrected chi connectivity index (χ0v) is 21.5. The van der Waals surface area contributed by atoms with Crippen molar-refractivity contribution in [1.82, 2.24) is 4.90 Å². The molecule has 1 atom stereocenters. The summed E-state index contributed by atoms with van der Waals surface area (Å²) in [4.78, 5) is 52.5. The Kier molecular flexibility index (Phi) is 8.63. The SMILES string of the molecule is O=C(CC1OCCN(Cc2cccs2)C1=O)Nc1ccc(C(=O)OCC(=O)c2ccc(Br)cc2)cc1. The zero-order valence-electron chi connectivity index (χ0n) is 19.1. The van der Waals surface area contributed by atoms with Crippen molar-refractivity contribution < 1.29 is 28.7 Å². The van der Waals surface area contributed by atoms with E-state index in [0.29, 0.717) is 30.9 Å². The molecule has 1 unspecified atom stereocenters. The molecule has 0 saturated carbocycles. The van der Waals surface area contributed by atoms with Crippen molar-refractivity contribution in [3.63, 3.8) is 0 Å². The van der Waals surface area contributed by atoms with E-state index in [-0.39, 0.29) is 36.2 Å². The van der Waals surface area contributed by atoms with Crippen LogP contribution in [0.2, 0.25) is 0 Å². The summed E-state index contributed by atoms with van der Waals surface area (Å²) >= 11 is 4.88. The standard InChI is InChI=1S/C26H23BrN2O6S/c27-19-7-3-17(4-8-19)22(30)16-35-26(33)18-5-9-20(10-6-18)28-24(31)14-23-25(32)29(11-12-34-23)15-21-2-1-13-36-21/h1-10,13,23H,11-12,14-16H2,(H,28,31). The van der Waals surface area contributed by atoms with E-state index in [0.717, 1.165) is 9.35 Å². The molecule has 1 saturated heterocycles. The van der Waals surface area contributed by atoms with Gasteiger partial charge in [-0.1, -0.05) is 34.1 Å². The van der Waals surface area contributed by atoms with Crippen LogP contribution in [0.15, 0.2) is 70.5 Å². The number of ketones is 1. The zero-order chi connectivity index (χ0) is 25.5. The highest BCUT2D eigenvalue weighted by molar-refractivity contribution is 9.10. The fourth-order valence-electron chi connectivity index (χ4n) is 3.59. The van der Waals surface area contributed by atoms with Gasteiger partial charge in [0.05, 0.1) is 25.1 Å². The normalized spacial score (nSPS) is 15.4. The minimum Gasteiger partial charge on any atom is -0.454 e. The maximum Gasteiger partial charge on any atom is 0.338 e. The molecule has 0 radical (unpaired) electrons. The molecule has 186 valence electrons. The monoisotopic (exact) mass is 570 g/mol. The quantitative estimate of drug-likeness (QED) is 0.304. The second-order valence-corrected chi connectivity index (χ2v) is 9.98. The number of morpholine rings is 1. The van der Waals surface area contributed by atoms with Gasteiger partial charge in [-0.05, 0) is 47.8 Å². The van der Waals surface area contributed by atoms with Gasteiger partial charge in [-0.2, -0.15) is 0 Å². The maximum atomic E-state index is 12.7. The van der Waals surface area contributed by atoms with Crippen molar-refractivity contribution in [2.24, 2.45) is 0 Å². The van der Waals surface area contributed by atoms with Crippen molar-refractivity contribution in [2.75, 3.05) is 25.1 Å². The van der Waals surface area contributed by atoms with Gasteiger partial charge in [0.2, 0.25) is 5.91 Å². The lowest BCUT2D eigenvalue weighted by Crippen LogP contribution is -2.48. The first-order valence-electron chi connectivity index (χ1n) is 11.2. The number of Topliss-reactive ketones (excluding diaryl/α,β-unsaturated/α-hetero) is 1. The summed E-state index contributed by atoms with van der Waals surface area (Å²) in [5.41, 5.74) is 1.15. The topological polar surface area (TPSA) is 102 Å². The Morgan fingerprint density at radius 3 is 2.47 bits per heavy atom. The van der Waals surface area contributed by atoms with E-state index in [1.165, 1.54) is 12.1 Å². The molecule has 8 nitrogen and oxygen atoms in total. The maximum absolute atomic E-state index is 12.7. The third kappa shape index (κ3) is 6.87. The van der Waals surface area contributed by atoms with Gasteiger partial charge in [0.15, 0.2) is 12.4 Å². The van der Waals surface area contributed by atoms with Crippen molar-refractivity contribution in [2.45, 2.75) is 19.1 Å². The van der Waals surface area contributed by atoms with Crippen LogP contribution in [0.1, 0.15) is 32.0 Å². The number of ether oxygens (including phenoxy) is 2. The van der Waals surface area contributed by atoms with Crippen LogP contribution in [0.3, 0.4) is 0 Å². The molecule has 2 heterocycles. The molecule has 0 aliphatic carbocycles. The Labute approximate surface area is 220 Å². The van der Waals surface area contributed by atoms with E-state index in [9.17, 15) is 19.2 Å². The molecular formula is C26H23BrN2O6S. The van der Waals surface area contributed by atoms with Crippen molar-refractivity contribution >= 4 is 56.5 Å². The summed E-state index contributed by atoms with van der Waals surface area (Å²) in [7, 11) is 0. The van der Waals surface area contributed by atoms with E-state index in [4.69, 9.17) is 9.47 Å². The number of thiophene rings is 1. The summed E-state index contributed by atoms with van der Waals surface area (Å²) in [6, 6.07) is 16.8. The Balaban J connectivity index is 1.25. The lowest BCUT2D eigenvalue weighted by Gasteiger charge is -2.32. The van der Waals surface area contributed by atoms with Crippen molar-refractivity contribution in [3.05, 3.63) is 86.5 Å². The van der Waals surface area contributed by atoms with E-state index in [1.807, 2.05) is 17.5 Å². The summed E-state index contributed by atoms with van der Waals surface area (Å²) in [6.45, 7) is 0.986. The molecule has 1 N–H and O–H groups in total. The molecule has 1 fully saturated rings. The molecule has 0 spiro atoms. The minimum atomic E-state index is -0.837. The van der Waals surface area contributed by atoms with Crippen LogP contribution in [0.25, 0.3) is 0 Å². The molecule has 1 aromatic heterocycles. The van der Waals surface area contributed by atoms with Gasteiger partial charge in [0.25, 0.3) is 5.91 Å². The summed E-state index contributed by atoms with van der Waals surface area (Å²) < 4.78 is 11.5. The molecule has 2 aromatic carbocycles. The molecule has 10 heteroatoms.